The van der Waals surface area contributed by atoms with Crippen molar-refractivity contribution >= 4 is 27.5 Å². The maximum atomic E-state index is 12.3. The van der Waals surface area contributed by atoms with Crippen LogP contribution < -0.4 is 5.43 Å². The fourth-order valence-corrected chi connectivity index (χ4v) is 5.57. The standard InChI is InChI=1S/C19H23BrN2O/c20-16-9-5-4-8-15(16)19(23)22-21-17-11-10-14-12-6-2-1-3-7-13(12)18(14)17/h4-5,8-9,12-14,18H,1-3,6-7,10-11H2,(H,22,23)/b21-17+/t12-,13-,14-,18-/m1/s1. The molecule has 0 unspecified atom stereocenters. The van der Waals surface area contributed by atoms with Gasteiger partial charge >= 0.3 is 0 Å². The van der Waals surface area contributed by atoms with Gasteiger partial charge in [0.25, 0.3) is 5.91 Å². The maximum Gasteiger partial charge on any atom is 0.272 e. The lowest BCUT2D eigenvalue weighted by molar-refractivity contribution is 0.0280. The van der Waals surface area contributed by atoms with Crippen molar-refractivity contribution in [1.29, 1.82) is 0 Å². The van der Waals surface area contributed by atoms with E-state index in [2.05, 4.69) is 26.5 Å². The van der Waals surface area contributed by atoms with E-state index in [4.69, 9.17) is 0 Å². The van der Waals surface area contributed by atoms with Gasteiger partial charge in [0.05, 0.1) is 5.56 Å². The third-order valence-electron chi connectivity index (χ3n) is 6.14. The van der Waals surface area contributed by atoms with Gasteiger partial charge in [0.2, 0.25) is 0 Å². The molecular formula is C19H23BrN2O. The lowest BCUT2D eigenvalue weighted by Crippen LogP contribution is -2.46. The Morgan fingerprint density at radius 2 is 1.78 bits per heavy atom. The molecule has 0 aromatic heterocycles. The molecule has 0 heterocycles. The van der Waals surface area contributed by atoms with E-state index in [0.29, 0.717) is 11.5 Å². The van der Waals surface area contributed by atoms with Gasteiger partial charge in [0.1, 0.15) is 0 Å². The molecule has 23 heavy (non-hydrogen) atoms. The van der Waals surface area contributed by atoms with Gasteiger partial charge in [-0.2, -0.15) is 5.10 Å². The van der Waals surface area contributed by atoms with E-state index in [1.807, 2.05) is 24.3 Å². The second-order valence-corrected chi connectivity index (χ2v) is 8.07. The summed E-state index contributed by atoms with van der Waals surface area (Å²) in [7, 11) is 0. The third kappa shape index (κ3) is 2.75. The van der Waals surface area contributed by atoms with Crippen molar-refractivity contribution in [2.45, 2.75) is 44.9 Å². The number of amides is 1. The average Bonchev–Trinajstić information content (AvgIpc) is 2.78. The van der Waals surface area contributed by atoms with Gasteiger partial charge < -0.3 is 0 Å². The number of hydrazone groups is 1. The molecule has 1 aromatic carbocycles. The predicted molar refractivity (Wildman–Crippen MR) is 95.3 cm³/mol. The monoisotopic (exact) mass is 374 g/mol. The number of carbonyl (C=O) groups is 1. The summed E-state index contributed by atoms with van der Waals surface area (Å²) in [5, 5.41) is 4.54. The molecule has 1 aromatic rings. The van der Waals surface area contributed by atoms with E-state index >= 15 is 0 Å². The molecule has 1 amide bonds. The zero-order valence-electron chi connectivity index (χ0n) is 13.3. The molecule has 4 heteroatoms. The van der Waals surface area contributed by atoms with Gasteiger partial charge in [-0.25, -0.2) is 5.43 Å². The number of carbonyl (C=O) groups excluding carboxylic acids is 1. The number of hydrogen-bond donors (Lipinski definition) is 1. The Hall–Kier alpha value is -1.16. The highest BCUT2D eigenvalue weighted by Gasteiger charge is 2.54. The quantitative estimate of drug-likeness (QED) is 0.744. The van der Waals surface area contributed by atoms with Crippen LogP contribution in [0.3, 0.4) is 0 Å². The van der Waals surface area contributed by atoms with Gasteiger partial charge in [-0.3, -0.25) is 4.79 Å². The first kappa shape index (κ1) is 15.4. The van der Waals surface area contributed by atoms with Gasteiger partial charge in [-0.15, -0.1) is 0 Å². The minimum Gasteiger partial charge on any atom is -0.267 e. The Balaban J connectivity index is 1.45. The van der Waals surface area contributed by atoms with E-state index < -0.39 is 0 Å². The molecule has 3 saturated carbocycles. The number of hydrogen-bond acceptors (Lipinski definition) is 2. The van der Waals surface area contributed by atoms with Crippen LogP contribution in [0, 0.1) is 23.7 Å². The van der Waals surface area contributed by atoms with Gasteiger partial charge in [0, 0.05) is 16.1 Å². The summed E-state index contributed by atoms with van der Waals surface area (Å²) in [4.78, 5) is 12.3. The molecule has 0 aliphatic heterocycles. The predicted octanol–water partition coefficient (Wildman–Crippen LogP) is 4.77. The third-order valence-corrected chi connectivity index (χ3v) is 6.83. The number of nitrogens with zero attached hydrogens (tertiary/aromatic N) is 1. The lowest BCUT2D eigenvalue weighted by Gasteiger charge is -2.48. The van der Waals surface area contributed by atoms with E-state index in [1.54, 1.807) is 0 Å². The minimum atomic E-state index is -0.120. The molecule has 4 atom stereocenters. The second-order valence-electron chi connectivity index (χ2n) is 7.22. The lowest BCUT2D eigenvalue weighted by atomic mass is 9.56. The first-order valence-electron chi connectivity index (χ1n) is 8.87. The van der Waals surface area contributed by atoms with Crippen LogP contribution >= 0.6 is 15.9 Å². The highest BCUT2D eigenvalue weighted by atomic mass is 79.9. The molecule has 3 aliphatic rings. The van der Waals surface area contributed by atoms with Crippen molar-refractivity contribution in [1.82, 2.24) is 5.43 Å². The molecule has 3 fully saturated rings. The van der Waals surface area contributed by atoms with Crippen LogP contribution in [-0.4, -0.2) is 11.6 Å². The van der Waals surface area contributed by atoms with Gasteiger partial charge in [-0.05, 0) is 71.5 Å². The Bertz CT molecular complexity index is 642. The Kier molecular flexibility index (Phi) is 4.27. The summed E-state index contributed by atoms with van der Waals surface area (Å²) < 4.78 is 0.814. The Morgan fingerprint density at radius 1 is 1.04 bits per heavy atom. The van der Waals surface area contributed by atoms with Crippen LogP contribution in [0.15, 0.2) is 33.8 Å². The highest BCUT2D eigenvalue weighted by Crippen LogP contribution is 2.58. The highest BCUT2D eigenvalue weighted by molar-refractivity contribution is 9.10. The first-order valence-corrected chi connectivity index (χ1v) is 9.66. The van der Waals surface area contributed by atoms with Crippen LogP contribution in [0.25, 0.3) is 0 Å². The molecule has 0 saturated heterocycles. The van der Waals surface area contributed by atoms with Crippen LogP contribution in [0.1, 0.15) is 55.3 Å². The summed E-state index contributed by atoms with van der Waals surface area (Å²) in [6.45, 7) is 0. The number of fused-ring (bicyclic) bond motifs is 4. The van der Waals surface area contributed by atoms with Gasteiger partial charge in [0.15, 0.2) is 0 Å². The molecule has 1 N–H and O–H groups in total. The zero-order chi connectivity index (χ0) is 15.8. The molecule has 0 bridgehead atoms. The Labute approximate surface area is 146 Å². The van der Waals surface area contributed by atoms with Crippen molar-refractivity contribution in [3.63, 3.8) is 0 Å². The minimum absolute atomic E-state index is 0.120. The SMILES string of the molecule is O=C(N/N=C1\CC[C@@H]2[C@@H]3CCCCC[C@H]3[C@@H]12)c1ccccc1Br. The number of nitrogens with one attached hydrogen (secondary N) is 1. The molecule has 3 aliphatic carbocycles. The summed E-state index contributed by atoms with van der Waals surface area (Å²) >= 11 is 3.43. The molecule has 4 rings (SSSR count). The normalized spacial score (nSPS) is 34.2. The molecule has 122 valence electrons. The summed E-state index contributed by atoms with van der Waals surface area (Å²) in [5.41, 5.74) is 4.69. The van der Waals surface area contributed by atoms with Crippen molar-refractivity contribution in [3.05, 3.63) is 34.3 Å². The smallest absolute Gasteiger partial charge is 0.267 e. The van der Waals surface area contributed by atoms with Crippen molar-refractivity contribution < 1.29 is 4.79 Å². The first-order chi connectivity index (χ1) is 11.3. The van der Waals surface area contributed by atoms with Crippen LogP contribution in [0.4, 0.5) is 0 Å². The zero-order valence-corrected chi connectivity index (χ0v) is 14.9. The summed E-state index contributed by atoms with van der Waals surface area (Å²) in [6.07, 6.45) is 9.31. The largest absolute Gasteiger partial charge is 0.272 e. The van der Waals surface area contributed by atoms with E-state index in [9.17, 15) is 4.79 Å². The fraction of sp³-hybridized carbons (Fsp3) is 0.579. The summed E-state index contributed by atoms with van der Waals surface area (Å²) in [5.74, 6) is 3.15. The summed E-state index contributed by atoms with van der Waals surface area (Å²) in [6, 6.07) is 7.49. The van der Waals surface area contributed by atoms with Crippen LogP contribution in [-0.2, 0) is 0 Å². The Morgan fingerprint density at radius 3 is 2.61 bits per heavy atom. The van der Waals surface area contributed by atoms with Crippen LogP contribution in [0.2, 0.25) is 0 Å². The van der Waals surface area contributed by atoms with E-state index in [1.165, 1.54) is 44.2 Å². The van der Waals surface area contributed by atoms with Crippen molar-refractivity contribution in [2.75, 3.05) is 0 Å². The fourth-order valence-electron chi connectivity index (χ4n) is 5.11. The van der Waals surface area contributed by atoms with E-state index in [0.717, 1.165) is 28.6 Å². The second kappa shape index (κ2) is 6.39. The van der Waals surface area contributed by atoms with Gasteiger partial charge in [-0.1, -0.05) is 31.4 Å². The average molecular weight is 375 g/mol. The molecule has 3 nitrogen and oxygen atoms in total. The maximum absolute atomic E-state index is 12.3. The molecule has 0 spiro atoms. The van der Waals surface area contributed by atoms with E-state index in [-0.39, 0.29) is 5.91 Å². The van der Waals surface area contributed by atoms with Crippen molar-refractivity contribution in [2.24, 2.45) is 28.8 Å². The van der Waals surface area contributed by atoms with Crippen molar-refractivity contribution in [3.8, 4) is 0 Å². The van der Waals surface area contributed by atoms with Crippen LogP contribution in [0.5, 0.6) is 0 Å². The molecular weight excluding hydrogens is 352 g/mol. The number of benzene rings is 1. The topological polar surface area (TPSA) is 41.5 Å². The number of rotatable bonds is 2. The molecule has 0 radical (unpaired) electrons. The number of halogens is 1.